The molecule has 1 aliphatic rings. The van der Waals surface area contributed by atoms with E-state index < -0.39 is 0 Å². The Balaban J connectivity index is 1.80. The van der Waals surface area contributed by atoms with E-state index in [-0.39, 0.29) is 30.2 Å². The molecule has 0 aromatic heterocycles. The number of nitrogens with zero attached hydrogens (tertiary/aromatic N) is 1. The van der Waals surface area contributed by atoms with Gasteiger partial charge in [0.2, 0.25) is 0 Å². The van der Waals surface area contributed by atoms with E-state index in [0.717, 1.165) is 12.0 Å². The highest BCUT2D eigenvalue weighted by molar-refractivity contribution is 6.01. The number of hydrogen-bond acceptors (Lipinski definition) is 4. The first kappa shape index (κ1) is 19.6. The molecule has 2 amide bonds. The molecule has 1 heterocycles. The van der Waals surface area contributed by atoms with Crippen LogP contribution in [0.25, 0.3) is 0 Å². The van der Waals surface area contributed by atoms with Crippen molar-refractivity contribution in [3.05, 3.63) is 59.2 Å². The maximum atomic E-state index is 12.4. The highest BCUT2D eigenvalue weighted by Gasteiger charge is 2.26. The molecule has 1 atom stereocenters. The molecule has 3 rings (SSSR count). The Morgan fingerprint density at radius 2 is 1.82 bits per heavy atom. The number of Topliss-reactive ketones (excluding diaryl/α,β-unsaturated/α-hetero) is 1. The molecule has 6 heteroatoms. The summed E-state index contributed by atoms with van der Waals surface area (Å²) in [6, 6.07) is 12.4. The molecule has 2 aromatic carbocycles. The van der Waals surface area contributed by atoms with Gasteiger partial charge in [-0.05, 0) is 56.2 Å². The average Bonchev–Trinajstić information content (AvgIpc) is 2.70. The van der Waals surface area contributed by atoms with Crippen LogP contribution in [0.2, 0.25) is 0 Å². The van der Waals surface area contributed by atoms with Gasteiger partial charge in [-0.25, -0.2) is 0 Å². The second-order valence-corrected chi connectivity index (χ2v) is 6.99. The summed E-state index contributed by atoms with van der Waals surface area (Å²) in [6.45, 7) is 5.76. The fraction of sp³-hybridized carbons (Fsp3) is 0.318. The molecule has 6 nitrogen and oxygen atoms in total. The fourth-order valence-electron chi connectivity index (χ4n) is 2.95. The van der Waals surface area contributed by atoms with Gasteiger partial charge in [0, 0.05) is 17.2 Å². The van der Waals surface area contributed by atoms with Crippen molar-refractivity contribution in [2.24, 2.45) is 0 Å². The third-order valence-electron chi connectivity index (χ3n) is 4.86. The lowest BCUT2D eigenvalue weighted by molar-refractivity contribution is -0.121. The van der Waals surface area contributed by atoms with E-state index in [1.54, 1.807) is 35.2 Å². The monoisotopic (exact) mass is 380 g/mol. The van der Waals surface area contributed by atoms with Gasteiger partial charge in [-0.2, -0.15) is 0 Å². The van der Waals surface area contributed by atoms with E-state index in [1.807, 2.05) is 26.0 Å². The first-order valence-electron chi connectivity index (χ1n) is 9.37. The zero-order chi connectivity index (χ0) is 20.3. The number of carbonyl (C=O) groups excluding carboxylic acids is 3. The van der Waals surface area contributed by atoms with Crippen LogP contribution in [0.15, 0.2) is 42.5 Å². The molecule has 1 unspecified atom stereocenters. The van der Waals surface area contributed by atoms with Gasteiger partial charge in [0.15, 0.2) is 12.4 Å². The predicted molar refractivity (Wildman–Crippen MR) is 107 cm³/mol. The van der Waals surface area contributed by atoms with E-state index >= 15 is 0 Å². The van der Waals surface area contributed by atoms with Gasteiger partial charge in [0.05, 0.1) is 12.2 Å². The number of rotatable bonds is 6. The third kappa shape index (κ3) is 4.22. The molecule has 28 heavy (non-hydrogen) atoms. The molecule has 0 radical (unpaired) electrons. The van der Waals surface area contributed by atoms with Crippen molar-refractivity contribution in [1.82, 2.24) is 5.32 Å². The van der Waals surface area contributed by atoms with Crippen LogP contribution in [0.4, 0.5) is 5.69 Å². The summed E-state index contributed by atoms with van der Waals surface area (Å²) in [5.41, 5.74) is 2.58. The van der Waals surface area contributed by atoms with Crippen LogP contribution in [-0.2, 0) is 11.3 Å². The summed E-state index contributed by atoms with van der Waals surface area (Å²) in [6.07, 6.45) is 0.866. The second kappa shape index (κ2) is 8.25. The Morgan fingerprint density at radius 1 is 1.14 bits per heavy atom. The van der Waals surface area contributed by atoms with Crippen LogP contribution < -0.4 is 15.0 Å². The Morgan fingerprint density at radius 3 is 2.46 bits per heavy atom. The topological polar surface area (TPSA) is 75.7 Å². The van der Waals surface area contributed by atoms with Crippen LogP contribution >= 0.6 is 0 Å². The molecule has 1 aliphatic heterocycles. The lowest BCUT2D eigenvalue weighted by atomic mass is 10.1. The van der Waals surface area contributed by atoms with Crippen molar-refractivity contribution in [3.63, 3.8) is 0 Å². The standard InChI is InChI=1S/C22H24N2O4/c1-4-14(2)23-22(27)17-7-5-16(6-8-17)12-24-19-11-18(15(3)25)9-10-20(19)28-13-21(24)26/h5-11,14H,4,12-13H2,1-3H3,(H,23,27). The Hall–Kier alpha value is -3.15. The van der Waals surface area contributed by atoms with E-state index in [1.165, 1.54) is 6.92 Å². The van der Waals surface area contributed by atoms with Gasteiger partial charge < -0.3 is 15.0 Å². The summed E-state index contributed by atoms with van der Waals surface area (Å²) in [5, 5.41) is 2.93. The van der Waals surface area contributed by atoms with Crippen molar-refractivity contribution in [2.45, 2.75) is 39.8 Å². The molecule has 0 spiro atoms. The maximum absolute atomic E-state index is 12.4. The number of anilines is 1. The largest absolute Gasteiger partial charge is 0.482 e. The van der Waals surface area contributed by atoms with Gasteiger partial charge in [0.1, 0.15) is 5.75 Å². The smallest absolute Gasteiger partial charge is 0.265 e. The maximum Gasteiger partial charge on any atom is 0.265 e. The minimum atomic E-state index is -0.174. The van der Waals surface area contributed by atoms with Crippen LogP contribution in [0.5, 0.6) is 5.75 Å². The average molecular weight is 380 g/mol. The Kier molecular flexibility index (Phi) is 5.78. The Labute approximate surface area is 164 Å². The van der Waals surface area contributed by atoms with Crippen molar-refractivity contribution >= 4 is 23.3 Å². The molecule has 0 aliphatic carbocycles. The number of hydrogen-bond donors (Lipinski definition) is 1. The number of amides is 2. The summed E-state index contributed by atoms with van der Waals surface area (Å²) in [5.74, 6) is 0.221. The normalized spacial score (nSPS) is 14.1. The lowest BCUT2D eigenvalue weighted by Crippen LogP contribution is -2.38. The van der Waals surface area contributed by atoms with Crippen LogP contribution in [0.1, 0.15) is 53.5 Å². The molecule has 0 fully saturated rings. The summed E-state index contributed by atoms with van der Waals surface area (Å²) in [4.78, 5) is 37.9. The van der Waals surface area contributed by atoms with Gasteiger partial charge in [-0.1, -0.05) is 19.1 Å². The highest BCUT2D eigenvalue weighted by atomic mass is 16.5. The molecule has 146 valence electrons. The zero-order valence-corrected chi connectivity index (χ0v) is 16.3. The summed E-state index contributed by atoms with van der Waals surface area (Å²) >= 11 is 0. The molecular formula is C22H24N2O4. The van der Waals surface area contributed by atoms with Gasteiger partial charge >= 0.3 is 0 Å². The Bertz CT molecular complexity index is 905. The lowest BCUT2D eigenvalue weighted by Gasteiger charge is -2.29. The van der Waals surface area contributed by atoms with Crippen molar-refractivity contribution in [2.75, 3.05) is 11.5 Å². The first-order chi connectivity index (χ1) is 13.4. The van der Waals surface area contributed by atoms with Crippen molar-refractivity contribution < 1.29 is 19.1 Å². The highest BCUT2D eigenvalue weighted by Crippen LogP contribution is 2.34. The van der Waals surface area contributed by atoms with E-state index in [9.17, 15) is 14.4 Å². The minimum Gasteiger partial charge on any atom is -0.482 e. The van der Waals surface area contributed by atoms with Crippen LogP contribution in [-0.4, -0.2) is 30.2 Å². The van der Waals surface area contributed by atoms with Gasteiger partial charge in [0.25, 0.3) is 11.8 Å². The number of benzene rings is 2. The molecular weight excluding hydrogens is 356 g/mol. The number of fused-ring (bicyclic) bond motifs is 1. The van der Waals surface area contributed by atoms with Crippen LogP contribution in [0.3, 0.4) is 0 Å². The van der Waals surface area contributed by atoms with Gasteiger partial charge in [-0.3, -0.25) is 14.4 Å². The van der Waals surface area contributed by atoms with E-state index in [0.29, 0.717) is 29.1 Å². The SMILES string of the molecule is CCC(C)NC(=O)c1ccc(CN2C(=O)COc3ccc(C(C)=O)cc32)cc1. The molecule has 1 N–H and O–H groups in total. The van der Waals surface area contributed by atoms with Crippen molar-refractivity contribution in [3.8, 4) is 5.75 Å². The number of ketones is 1. The predicted octanol–water partition coefficient (Wildman–Crippen LogP) is 3.34. The van der Waals surface area contributed by atoms with Gasteiger partial charge in [-0.15, -0.1) is 0 Å². The molecule has 2 aromatic rings. The zero-order valence-electron chi connectivity index (χ0n) is 16.3. The molecule has 0 saturated carbocycles. The molecule has 0 bridgehead atoms. The third-order valence-corrected chi connectivity index (χ3v) is 4.86. The van der Waals surface area contributed by atoms with E-state index in [4.69, 9.17) is 4.74 Å². The summed E-state index contributed by atoms with van der Waals surface area (Å²) < 4.78 is 5.48. The second-order valence-electron chi connectivity index (χ2n) is 6.99. The summed E-state index contributed by atoms with van der Waals surface area (Å²) in [7, 11) is 0. The van der Waals surface area contributed by atoms with Crippen molar-refractivity contribution in [1.29, 1.82) is 0 Å². The fourth-order valence-corrected chi connectivity index (χ4v) is 2.95. The van der Waals surface area contributed by atoms with Crippen LogP contribution in [0, 0.1) is 0 Å². The first-order valence-corrected chi connectivity index (χ1v) is 9.37. The van der Waals surface area contributed by atoms with E-state index in [2.05, 4.69) is 5.32 Å². The number of nitrogens with one attached hydrogen (secondary N) is 1. The number of ether oxygens (including phenoxy) is 1. The number of carbonyl (C=O) groups is 3. The quantitative estimate of drug-likeness (QED) is 0.780. The molecule has 0 saturated heterocycles. The minimum absolute atomic E-state index is 0.0399.